The van der Waals surface area contributed by atoms with E-state index in [1.807, 2.05) is 32.0 Å². The van der Waals surface area contributed by atoms with Crippen LogP contribution in [-0.2, 0) is 0 Å². The topological polar surface area (TPSA) is 85.2 Å². The number of aryl methyl sites for hydroxylation is 1. The summed E-state index contributed by atoms with van der Waals surface area (Å²) < 4.78 is 0. The van der Waals surface area contributed by atoms with Crippen LogP contribution in [0.1, 0.15) is 28.4 Å². The van der Waals surface area contributed by atoms with Gasteiger partial charge in [-0.2, -0.15) is 5.10 Å². The Balaban J connectivity index is 2.06. The Bertz CT molecular complexity index is 759. The monoisotopic (exact) mass is 341 g/mol. The van der Waals surface area contributed by atoms with Gasteiger partial charge in [-0.15, -0.1) is 0 Å². The van der Waals surface area contributed by atoms with Gasteiger partial charge >= 0.3 is 0 Å². The molecular formula is C19H23N3O3. The second kappa shape index (κ2) is 8.84. The lowest BCUT2D eigenvalue weighted by Crippen LogP contribution is -2.26. The molecule has 0 saturated heterocycles. The van der Waals surface area contributed by atoms with E-state index in [2.05, 4.69) is 15.4 Å². The van der Waals surface area contributed by atoms with Crippen LogP contribution in [0.25, 0.3) is 0 Å². The lowest BCUT2D eigenvalue weighted by atomic mass is 10.1. The summed E-state index contributed by atoms with van der Waals surface area (Å²) in [6, 6.07) is 12.2. The number of phenolic OH excluding ortho intramolecular Hbond substituents is 1. The Labute approximate surface area is 147 Å². The molecular weight excluding hydrogens is 318 g/mol. The maximum absolute atomic E-state index is 12.0. The molecule has 0 atom stereocenters. The van der Waals surface area contributed by atoms with Crippen LogP contribution in [0.4, 0.5) is 5.69 Å². The fraction of sp³-hybridized carbons (Fsp3) is 0.263. The van der Waals surface area contributed by atoms with Crippen molar-refractivity contribution in [2.45, 2.75) is 13.8 Å². The molecule has 0 radical (unpaired) electrons. The highest BCUT2D eigenvalue weighted by Gasteiger charge is 2.09. The maximum Gasteiger partial charge on any atom is 0.275 e. The summed E-state index contributed by atoms with van der Waals surface area (Å²) in [5, 5.41) is 22.7. The van der Waals surface area contributed by atoms with Gasteiger partial charge in [0.05, 0.1) is 18.4 Å². The highest BCUT2D eigenvalue weighted by Crippen LogP contribution is 2.18. The molecule has 0 aliphatic heterocycles. The third-order valence-corrected chi connectivity index (χ3v) is 3.89. The number of anilines is 1. The largest absolute Gasteiger partial charge is 0.507 e. The van der Waals surface area contributed by atoms with Gasteiger partial charge in [-0.25, -0.2) is 5.43 Å². The Morgan fingerprint density at radius 2 is 2.04 bits per heavy atom. The number of rotatable bonds is 7. The molecule has 0 bridgehead atoms. The van der Waals surface area contributed by atoms with Crippen molar-refractivity contribution < 1.29 is 15.0 Å². The number of nitrogens with one attached hydrogen (secondary N) is 1. The molecule has 0 saturated carbocycles. The summed E-state index contributed by atoms with van der Waals surface area (Å²) in [5.74, 6) is -0.553. The Morgan fingerprint density at radius 3 is 2.68 bits per heavy atom. The molecule has 3 N–H and O–H groups in total. The van der Waals surface area contributed by atoms with E-state index >= 15 is 0 Å². The number of carbonyl (C=O) groups is 1. The van der Waals surface area contributed by atoms with Crippen molar-refractivity contribution in [3.8, 4) is 5.75 Å². The molecule has 2 rings (SSSR count). The number of para-hydroxylation sites is 1. The predicted octanol–water partition coefficient (Wildman–Crippen LogP) is 2.28. The zero-order chi connectivity index (χ0) is 18.2. The quantitative estimate of drug-likeness (QED) is 0.533. The second-order valence-electron chi connectivity index (χ2n) is 5.56. The van der Waals surface area contributed by atoms with E-state index in [0.29, 0.717) is 6.54 Å². The number of likely N-dealkylation sites (N-methyl/N-ethyl adjacent to an activating group) is 1. The second-order valence-corrected chi connectivity index (χ2v) is 5.56. The minimum Gasteiger partial charge on any atom is -0.507 e. The number of aliphatic hydroxyl groups is 1. The van der Waals surface area contributed by atoms with Gasteiger partial charge < -0.3 is 15.1 Å². The lowest BCUT2D eigenvalue weighted by Gasteiger charge is -2.22. The van der Waals surface area contributed by atoms with Gasteiger partial charge in [0.15, 0.2) is 0 Å². The summed E-state index contributed by atoms with van der Waals surface area (Å²) >= 11 is 0. The molecule has 2 aromatic carbocycles. The summed E-state index contributed by atoms with van der Waals surface area (Å²) in [4.78, 5) is 14.1. The van der Waals surface area contributed by atoms with Crippen molar-refractivity contribution in [2.75, 3.05) is 24.6 Å². The van der Waals surface area contributed by atoms with Gasteiger partial charge in [0.1, 0.15) is 5.75 Å². The third-order valence-electron chi connectivity index (χ3n) is 3.89. The predicted molar refractivity (Wildman–Crippen MR) is 99.3 cm³/mol. The number of nitrogens with zero attached hydrogens (tertiary/aromatic N) is 2. The molecule has 6 heteroatoms. The molecule has 0 unspecified atom stereocenters. The molecule has 0 aromatic heterocycles. The molecule has 0 aliphatic rings. The van der Waals surface area contributed by atoms with E-state index in [4.69, 9.17) is 5.11 Å². The lowest BCUT2D eigenvalue weighted by molar-refractivity contribution is 0.0952. The molecule has 0 aliphatic carbocycles. The molecule has 25 heavy (non-hydrogen) atoms. The number of hydrazone groups is 1. The Morgan fingerprint density at radius 1 is 1.28 bits per heavy atom. The first-order valence-electron chi connectivity index (χ1n) is 8.14. The molecule has 0 heterocycles. The van der Waals surface area contributed by atoms with Crippen molar-refractivity contribution in [3.05, 3.63) is 59.2 Å². The van der Waals surface area contributed by atoms with Crippen molar-refractivity contribution in [2.24, 2.45) is 5.10 Å². The standard InChI is InChI=1S/C19H23N3O3/c1-3-22(10-11-23)16-9-8-15(14(2)12-16)13-20-21-19(25)17-6-4-5-7-18(17)24/h4-9,12-13,23-24H,3,10-11H2,1-2H3,(H,21,25)/b20-13-. The average Bonchev–Trinajstić information content (AvgIpc) is 2.61. The molecule has 0 fully saturated rings. The SMILES string of the molecule is CCN(CCO)c1ccc(/C=N\NC(=O)c2ccccc2O)c(C)c1. The van der Waals surface area contributed by atoms with Gasteiger partial charge in [0, 0.05) is 18.8 Å². The number of carbonyl (C=O) groups excluding carboxylic acids is 1. The van der Waals surface area contributed by atoms with Gasteiger partial charge in [-0.1, -0.05) is 18.2 Å². The third kappa shape index (κ3) is 4.81. The van der Waals surface area contributed by atoms with E-state index in [9.17, 15) is 9.90 Å². The average molecular weight is 341 g/mol. The van der Waals surface area contributed by atoms with Crippen molar-refractivity contribution in [1.82, 2.24) is 5.43 Å². The van der Waals surface area contributed by atoms with Crippen LogP contribution in [0, 0.1) is 6.92 Å². The van der Waals surface area contributed by atoms with Gasteiger partial charge in [-0.3, -0.25) is 4.79 Å². The maximum atomic E-state index is 12.0. The number of aromatic hydroxyl groups is 1. The highest BCUT2D eigenvalue weighted by atomic mass is 16.3. The number of amides is 1. The van der Waals surface area contributed by atoms with E-state index < -0.39 is 5.91 Å². The molecule has 2 aromatic rings. The normalized spacial score (nSPS) is 10.8. The Hall–Kier alpha value is -2.86. The number of aliphatic hydroxyl groups excluding tert-OH is 1. The van der Waals surface area contributed by atoms with Crippen LogP contribution in [0.5, 0.6) is 5.75 Å². The van der Waals surface area contributed by atoms with Crippen LogP contribution >= 0.6 is 0 Å². The van der Waals surface area contributed by atoms with Crippen molar-refractivity contribution in [3.63, 3.8) is 0 Å². The zero-order valence-electron chi connectivity index (χ0n) is 14.4. The number of benzene rings is 2. The smallest absolute Gasteiger partial charge is 0.275 e. The first-order valence-corrected chi connectivity index (χ1v) is 8.14. The van der Waals surface area contributed by atoms with E-state index in [-0.39, 0.29) is 17.9 Å². The molecule has 132 valence electrons. The minimum absolute atomic E-state index is 0.0840. The van der Waals surface area contributed by atoms with Crippen LogP contribution in [0.2, 0.25) is 0 Å². The highest BCUT2D eigenvalue weighted by molar-refractivity contribution is 5.97. The summed E-state index contributed by atoms with van der Waals surface area (Å²) in [7, 11) is 0. The van der Waals surface area contributed by atoms with Crippen LogP contribution in [-0.4, -0.2) is 42.0 Å². The minimum atomic E-state index is -0.469. The van der Waals surface area contributed by atoms with E-state index in [1.54, 1.807) is 18.3 Å². The first kappa shape index (κ1) is 18.5. The van der Waals surface area contributed by atoms with Crippen molar-refractivity contribution >= 4 is 17.8 Å². The number of hydrogen-bond acceptors (Lipinski definition) is 5. The summed E-state index contributed by atoms with van der Waals surface area (Å²) in [6.45, 7) is 5.50. The zero-order valence-corrected chi connectivity index (χ0v) is 14.4. The number of phenols is 1. The van der Waals surface area contributed by atoms with Gasteiger partial charge in [-0.05, 0) is 49.2 Å². The molecule has 1 amide bonds. The Kier molecular flexibility index (Phi) is 6.54. The summed E-state index contributed by atoms with van der Waals surface area (Å²) in [5.41, 5.74) is 5.50. The molecule has 6 nitrogen and oxygen atoms in total. The van der Waals surface area contributed by atoms with Crippen LogP contribution in [0.3, 0.4) is 0 Å². The van der Waals surface area contributed by atoms with Crippen molar-refractivity contribution in [1.29, 1.82) is 0 Å². The summed E-state index contributed by atoms with van der Waals surface area (Å²) in [6.07, 6.45) is 1.57. The van der Waals surface area contributed by atoms with Crippen LogP contribution in [0.15, 0.2) is 47.6 Å². The van der Waals surface area contributed by atoms with Gasteiger partial charge in [0.2, 0.25) is 0 Å². The van der Waals surface area contributed by atoms with E-state index in [1.165, 1.54) is 12.1 Å². The fourth-order valence-electron chi connectivity index (χ4n) is 2.48. The van der Waals surface area contributed by atoms with Crippen LogP contribution < -0.4 is 10.3 Å². The first-order chi connectivity index (χ1) is 12.1. The fourth-order valence-corrected chi connectivity index (χ4v) is 2.48. The molecule has 0 spiro atoms. The van der Waals surface area contributed by atoms with Gasteiger partial charge in [0.25, 0.3) is 5.91 Å². The number of hydrogen-bond donors (Lipinski definition) is 3. The van der Waals surface area contributed by atoms with E-state index in [0.717, 1.165) is 23.4 Å².